The Bertz CT molecular complexity index is 780. The molecule has 0 unspecified atom stereocenters. The van der Waals surface area contributed by atoms with E-state index in [0.29, 0.717) is 11.3 Å². The lowest BCUT2D eigenvalue weighted by atomic mass is 10.1. The summed E-state index contributed by atoms with van der Waals surface area (Å²) >= 11 is 3.35. The summed E-state index contributed by atoms with van der Waals surface area (Å²) in [4.78, 5) is 4.29. The number of halogens is 3. The molecule has 1 aromatic carbocycles. The molecule has 0 saturated heterocycles. The molecule has 0 bridgehead atoms. The SMILES string of the molecule is Cc1cc(F)c(-c2cn3cc(Br)ccc3n2)cc1F. The first-order chi connectivity index (χ1) is 9.04. The Labute approximate surface area is 116 Å². The zero-order valence-electron chi connectivity index (χ0n) is 9.99. The molecule has 2 aromatic heterocycles. The fraction of sp³-hybridized carbons (Fsp3) is 0.0714. The highest BCUT2D eigenvalue weighted by Crippen LogP contribution is 2.25. The van der Waals surface area contributed by atoms with Gasteiger partial charge in [0.05, 0.1) is 5.69 Å². The molecule has 0 radical (unpaired) electrons. The van der Waals surface area contributed by atoms with Crippen LogP contribution in [0.4, 0.5) is 8.78 Å². The summed E-state index contributed by atoms with van der Waals surface area (Å²) in [5.41, 5.74) is 1.55. The minimum atomic E-state index is -0.471. The van der Waals surface area contributed by atoms with Crippen LogP contribution in [0.15, 0.2) is 41.1 Å². The van der Waals surface area contributed by atoms with Gasteiger partial charge in [0, 0.05) is 22.4 Å². The van der Waals surface area contributed by atoms with E-state index in [2.05, 4.69) is 20.9 Å². The van der Waals surface area contributed by atoms with E-state index in [1.165, 1.54) is 19.1 Å². The fourth-order valence-corrected chi connectivity index (χ4v) is 2.29. The number of nitrogens with zero attached hydrogens (tertiary/aromatic N) is 2. The Kier molecular flexibility index (Phi) is 2.86. The fourth-order valence-electron chi connectivity index (χ4n) is 1.94. The van der Waals surface area contributed by atoms with Crippen LogP contribution in [-0.4, -0.2) is 9.38 Å². The number of aromatic nitrogens is 2. The van der Waals surface area contributed by atoms with Crippen LogP contribution in [-0.2, 0) is 0 Å². The summed E-state index contributed by atoms with van der Waals surface area (Å²) in [5, 5.41) is 0. The summed E-state index contributed by atoms with van der Waals surface area (Å²) in [6.07, 6.45) is 3.49. The smallest absolute Gasteiger partial charge is 0.137 e. The van der Waals surface area contributed by atoms with Crippen LogP contribution in [0, 0.1) is 18.6 Å². The average molecular weight is 323 g/mol. The molecule has 3 aromatic rings. The number of imidazole rings is 1. The van der Waals surface area contributed by atoms with Crippen molar-refractivity contribution in [3.8, 4) is 11.3 Å². The second-order valence-corrected chi connectivity index (χ2v) is 5.24. The van der Waals surface area contributed by atoms with Gasteiger partial charge in [-0.1, -0.05) is 0 Å². The molecule has 96 valence electrons. The van der Waals surface area contributed by atoms with Crippen molar-refractivity contribution < 1.29 is 8.78 Å². The lowest BCUT2D eigenvalue weighted by Gasteiger charge is -2.02. The van der Waals surface area contributed by atoms with Crippen LogP contribution >= 0.6 is 15.9 Å². The second-order valence-electron chi connectivity index (χ2n) is 4.32. The topological polar surface area (TPSA) is 17.3 Å². The van der Waals surface area contributed by atoms with Crippen LogP contribution < -0.4 is 0 Å². The highest BCUT2D eigenvalue weighted by molar-refractivity contribution is 9.10. The van der Waals surface area contributed by atoms with Crippen LogP contribution in [0.5, 0.6) is 0 Å². The molecule has 0 atom stereocenters. The molecular weight excluding hydrogens is 314 g/mol. The van der Waals surface area contributed by atoms with Crippen molar-refractivity contribution in [1.29, 1.82) is 0 Å². The molecular formula is C14H9BrF2N2. The van der Waals surface area contributed by atoms with E-state index in [1.807, 2.05) is 12.3 Å². The van der Waals surface area contributed by atoms with E-state index < -0.39 is 11.6 Å². The zero-order chi connectivity index (χ0) is 13.6. The van der Waals surface area contributed by atoms with E-state index in [0.717, 1.165) is 4.47 Å². The van der Waals surface area contributed by atoms with Gasteiger partial charge in [-0.3, -0.25) is 0 Å². The third kappa shape index (κ3) is 2.14. The molecule has 3 rings (SSSR count). The molecule has 5 heteroatoms. The third-order valence-corrected chi connectivity index (χ3v) is 3.41. The predicted molar refractivity (Wildman–Crippen MR) is 73.0 cm³/mol. The van der Waals surface area contributed by atoms with Crippen molar-refractivity contribution >= 4 is 21.6 Å². The van der Waals surface area contributed by atoms with Crippen molar-refractivity contribution in [1.82, 2.24) is 9.38 Å². The number of pyridine rings is 1. The van der Waals surface area contributed by atoms with Gasteiger partial charge in [-0.2, -0.15) is 0 Å². The third-order valence-electron chi connectivity index (χ3n) is 2.94. The predicted octanol–water partition coefficient (Wildman–Crippen LogP) is 4.35. The zero-order valence-corrected chi connectivity index (χ0v) is 11.6. The van der Waals surface area contributed by atoms with Gasteiger partial charge < -0.3 is 4.40 Å². The van der Waals surface area contributed by atoms with Crippen molar-refractivity contribution in [3.63, 3.8) is 0 Å². The van der Waals surface area contributed by atoms with Crippen molar-refractivity contribution in [2.45, 2.75) is 6.92 Å². The van der Waals surface area contributed by atoms with Gasteiger partial charge in [0.25, 0.3) is 0 Å². The first-order valence-electron chi connectivity index (χ1n) is 5.65. The maximum Gasteiger partial charge on any atom is 0.137 e. The number of benzene rings is 1. The van der Waals surface area contributed by atoms with Gasteiger partial charge in [-0.05, 0) is 52.7 Å². The second kappa shape index (κ2) is 4.42. The van der Waals surface area contributed by atoms with Gasteiger partial charge in [0.15, 0.2) is 0 Å². The molecule has 19 heavy (non-hydrogen) atoms. The van der Waals surface area contributed by atoms with E-state index in [9.17, 15) is 8.78 Å². The first-order valence-corrected chi connectivity index (χ1v) is 6.44. The Balaban J connectivity index is 2.21. The molecule has 2 nitrogen and oxygen atoms in total. The Morgan fingerprint density at radius 1 is 1.11 bits per heavy atom. The molecule has 2 heterocycles. The molecule has 0 aliphatic carbocycles. The van der Waals surface area contributed by atoms with Gasteiger partial charge in [0.2, 0.25) is 0 Å². The maximum atomic E-state index is 13.9. The summed E-state index contributed by atoms with van der Waals surface area (Å²) in [5.74, 6) is -0.906. The normalized spacial score (nSPS) is 11.2. The van der Waals surface area contributed by atoms with E-state index in [4.69, 9.17) is 0 Å². The first kappa shape index (κ1) is 12.3. The van der Waals surface area contributed by atoms with E-state index in [-0.39, 0.29) is 11.1 Å². The number of fused-ring (bicyclic) bond motifs is 1. The average Bonchev–Trinajstić information content (AvgIpc) is 2.76. The molecule has 0 N–H and O–H groups in total. The molecule has 0 aliphatic heterocycles. The largest absolute Gasteiger partial charge is 0.305 e. The quantitative estimate of drug-likeness (QED) is 0.651. The lowest BCUT2D eigenvalue weighted by Crippen LogP contribution is -1.90. The van der Waals surface area contributed by atoms with Crippen molar-refractivity contribution in [3.05, 3.63) is 58.3 Å². The Morgan fingerprint density at radius 3 is 2.68 bits per heavy atom. The van der Waals surface area contributed by atoms with Crippen LogP contribution in [0.25, 0.3) is 16.9 Å². The van der Waals surface area contributed by atoms with Crippen molar-refractivity contribution in [2.75, 3.05) is 0 Å². The van der Waals surface area contributed by atoms with Gasteiger partial charge in [0.1, 0.15) is 17.3 Å². The summed E-state index contributed by atoms with van der Waals surface area (Å²) < 4.78 is 30.1. The van der Waals surface area contributed by atoms with Crippen LogP contribution in [0.2, 0.25) is 0 Å². The summed E-state index contributed by atoms with van der Waals surface area (Å²) in [6, 6.07) is 6.01. The summed E-state index contributed by atoms with van der Waals surface area (Å²) in [7, 11) is 0. The highest BCUT2D eigenvalue weighted by Gasteiger charge is 2.12. The minimum absolute atomic E-state index is 0.169. The molecule has 0 saturated carbocycles. The van der Waals surface area contributed by atoms with Crippen molar-refractivity contribution in [2.24, 2.45) is 0 Å². The van der Waals surface area contributed by atoms with Crippen LogP contribution in [0.3, 0.4) is 0 Å². The Hall–Kier alpha value is -1.75. The molecule has 0 spiro atoms. The number of hydrogen-bond donors (Lipinski definition) is 0. The van der Waals surface area contributed by atoms with Gasteiger partial charge in [-0.25, -0.2) is 13.8 Å². The van der Waals surface area contributed by atoms with Crippen LogP contribution in [0.1, 0.15) is 5.56 Å². The van der Waals surface area contributed by atoms with Gasteiger partial charge >= 0.3 is 0 Å². The molecule has 0 fully saturated rings. The molecule has 0 aliphatic rings. The molecule has 0 amide bonds. The number of rotatable bonds is 1. The summed E-state index contributed by atoms with van der Waals surface area (Å²) in [6.45, 7) is 1.53. The van der Waals surface area contributed by atoms with E-state index in [1.54, 1.807) is 16.7 Å². The number of hydrogen-bond acceptors (Lipinski definition) is 1. The standard InChI is InChI=1S/C14H9BrF2N2/c1-8-4-12(17)10(5-11(8)16)13-7-19-6-9(15)2-3-14(19)18-13/h2-7H,1H3. The number of aryl methyl sites for hydroxylation is 1. The lowest BCUT2D eigenvalue weighted by molar-refractivity contribution is 0.595. The highest BCUT2D eigenvalue weighted by atomic mass is 79.9. The minimum Gasteiger partial charge on any atom is -0.305 e. The maximum absolute atomic E-state index is 13.9. The monoisotopic (exact) mass is 322 g/mol. The Morgan fingerprint density at radius 2 is 1.89 bits per heavy atom. The van der Waals surface area contributed by atoms with E-state index >= 15 is 0 Å². The van der Waals surface area contributed by atoms with Gasteiger partial charge in [-0.15, -0.1) is 0 Å².